The smallest absolute Gasteiger partial charge is 0.329 e. The number of fused-ring (bicyclic) bond motifs is 2. The molecule has 0 spiro atoms. The number of ketones is 1. The Kier molecular flexibility index (Phi) is 5.42. The SMILES string of the molecule is CC(C)C[C@H](C(=O)OCC(=O)c1cc2ccccc2o1)N1C(=O)c2ccccc2C1=O. The van der Waals surface area contributed by atoms with Crippen molar-refractivity contribution in [1.82, 2.24) is 4.90 Å². The number of nitrogens with zero attached hydrogens (tertiary/aromatic N) is 1. The molecule has 0 fully saturated rings. The summed E-state index contributed by atoms with van der Waals surface area (Å²) in [6.45, 7) is 3.20. The lowest BCUT2D eigenvalue weighted by Crippen LogP contribution is -2.46. The highest BCUT2D eigenvalue weighted by atomic mass is 16.5. The number of hydrogen-bond donors (Lipinski definition) is 0. The van der Waals surface area contributed by atoms with Crippen LogP contribution in [0.5, 0.6) is 0 Å². The maximum absolute atomic E-state index is 12.9. The number of benzene rings is 2. The van der Waals surface area contributed by atoms with Crippen LogP contribution in [0.1, 0.15) is 51.5 Å². The Balaban J connectivity index is 1.50. The van der Waals surface area contributed by atoms with E-state index in [0.717, 1.165) is 10.3 Å². The fraction of sp³-hybridized carbons (Fsp3) is 0.250. The summed E-state index contributed by atoms with van der Waals surface area (Å²) in [6.07, 6.45) is 0.225. The topological polar surface area (TPSA) is 93.9 Å². The minimum absolute atomic E-state index is 0.00735. The van der Waals surface area contributed by atoms with E-state index in [1.54, 1.807) is 42.5 Å². The van der Waals surface area contributed by atoms with Crippen LogP contribution >= 0.6 is 0 Å². The molecule has 7 heteroatoms. The molecule has 0 unspecified atom stereocenters. The first-order valence-corrected chi connectivity index (χ1v) is 10.0. The van der Waals surface area contributed by atoms with Gasteiger partial charge in [-0.05, 0) is 36.6 Å². The van der Waals surface area contributed by atoms with E-state index in [9.17, 15) is 19.2 Å². The quantitative estimate of drug-likeness (QED) is 0.328. The molecule has 0 saturated heterocycles. The van der Waals surface area contributed by atoms with Gasteiger partial charge >= 0.3 is 5.97 Å². The van der Waals surface area contributed by atoms with E-state index < -0.39 is 36.2 Å². The molecule has 0 radical (unpaired) electrons. The van der Waals surface area contributed by atoms with Crippen LogP contribution in [-0.2, 0) is 9.53 Å². The second-order valence-corrected chi connectivity index (χ2v) is 7.85. The summed E-state index contributed by atoms with van der Waals surface area (Å²) in [7, 11) is 0. The number of amides is 2. The van der Waals surface area contributed by atoms with Crippen LogP contribution in [0.3, 0.4) is 0 Å². The van der Waals surface area contributed by atoms with Crippen LogP contribution in [0.15, 0.2) is 59.0 Å². The van der Waals surface area contributed by atoms with Crippen molar-refractivity contribution in [2.24, 2.45) is 5.92 Å². The zero-order chi connectivity index (χ0) is 22.1. The van der Waals surface area contributed by atoms with Gasteiger partial charge in [0.05, 0.1) is 11.1 Å². The van der Waals surface area contributed by atoms with Crippen molar-refractivity contribution in [2.75, 3.05) is 6.61 Å². The lowest BCUT2D eigenvalue weighted by Gasteiger charge is -2.25. The molecule has 1 aliphatic heterocycles. The molecule has 4 rings (SSSR count). The van der Waals surface area contributed by atoms with Crippen molar-refractivity contribution in [1.29, 1.82) is 0 Å². The molecule has 0 N–H and O–H groups in total. The monoisotopic (exact) mass is 419 g/mol. The van der Waals surface area contributed by atoms with Crippen LogP contribution in [0, 0.1) is 5.92 Å². The predicted octanol–water partition coefficient (Wildman–Crippen LogP) is 3.87. The Morgan fingerprint density at radius 2 is 1.58 bits per heavy atom. The van der Waals surface area contributed by atoms with Gasteiger partial charge in [0.15, 0.2) is 12.4 Å². The highest BCUT2D eigenvalue weighted by molar-refractivity contribution is 6.22. The molecule has 0 saturated carbocycles. The summed E-state index contributed by atoms with van der Waals surface area (Å²) in [6, 6.07) is 14.1. The van der Waals surface area contributed by atoms with Gasteiger partial charge in [-0.25, -0.2) is 4.79 Å². The summed E-state index contributed by atoms with van der Waals surface area (Å²) in [4.78, 5) is 51.9. The minimum Gasteiger partial charge on any atom is -0.456 e. The normalized spacial score (nSPS) is 14.2. The van der Waals surface area contributed by atoms with E-state index in [2.05, 4.69) is 0 Å². The van der Waals surface area contributed by atoms with E-state index in [4.69, 9.17) is 9.15 Å². The maximum Gasteiger partial charge on any atom is 0.329 e. The number of hydrogen-bond acceptors (Lipinski definition) is 6. The first-order chi connectivity index (χ1) is 14.9. The molecular formula is C24H21NO6. The summed E-state index contributed by atoms with van der Waals surface area (Å²) in [5.41, 5.74) is 1.07. The number of carbonyl (C=O) groups is 4. The molecule has 1 atom stereocenters. The first-order valence-electron chi connectivity index (χ1n) is 10.0. The molecule has 2 heterocycles. The Labute approximate surface area is 178 Å². The van der Waals surface area contributed by atoms with Gasteiger partial charge in [-0.2, -0.15) is 0 Å². The summed E-state index contributed by atoms with van der Waals surface area (Å²) >= 11 is 0. The number of carbonyl (C=O) groups excluding carboxylic acids is 4. The Bertz CT molecular complexity index is 1120. The van der Waals surface area contributed by atoms with Crippen LogP contribution < -0.4 is 0 Å². The number of ether oxygens (including phenoxy) is 1. The molecule has 1 aliphatic rings. The Morgan fingerprint density at radius 1 is 0.968 bits per heavy atom. The van der Waals surface area contributed by atoms with Gasteiger partial charge in [0.25, 0.3) is 11.8 Å². The molecular weight excluding hydrogens is 398 g/mol. The molecule has 0 aliphatic carbocycles. The van der Waals surface area contributed by atoms with Gasteiger partial charge in [-0.1, -0.05) is 44.2 Å². The first kappa shape index (κ1) is 20.5. The fourth-order valence-electron chi connectivity index (χ4n) is 3.67. The second kappa shape index (κ2) is 8.18. The molecule has 7 nitrogen and oxygen atoms in total. The van der Waals surface area contributed by atoms with Gasteiger partial charge < -0.3 is 9.15 Å². The lowest BCUT2D eigenvalue weighted by atomic mass is 10.0. The third kappa shape index (κ3) is 3.86. The predicted molar refractivity (Wildman–Crippen MR) is 112 cm³/mol. The standard InChI is InChI=1S/C24H21NO6/c1-14(2)11-18(25-22(27)16-8-4-5-9-17(16)23(25)28)24(29)30-13-19(26)21-12-15-7-3-6-10-20(15)31-21/h3-10,12,14,18H,11,13H2,1-2H3/t18-/m1/s1. The molecule has 31 heavy (non-hydrogen) atoms. The lowest BCUT2D eigenvalue weighted by molar-refractivity contribution is -0.147. The number of esters is 1. The van der Waals surface area contributed by atoms with Crippen molar-refractivity contribution in [2.45, 2.75) is 26.3 Å². The fourth-order valence-corrected chi connectivity index (χ4v) is 3.67. The van der Waals surface area contributed by atoms with Crippen molar-refractivity contribution in [3.8, 4) is 0 Å². The van der Waals surface area contributed by atoms with Crippen molar-refractivity contribution in [3.05, 3.63) is 71.5 Å². The molecule has 2 aromatic carbocycles. The average molecular weight is 419 g/mol. The van der Waals surface area contributed by atoms with E-state index in [0.29, 0.717) is 5.58 Å². The highest BCUT2D eigenvalue weighted by Gasteiger charge is 2.43. The van der Waals surface area contributed by atoms with Gasteiger partial charge in [0.1, 0.15) is 11.6 Å². The van der Waals surface area contributed by atoms with Gasteiger partial charge in [-0.15, -0.1) is 0 Å². The van der Waals surface area contributed by atoms with Gasteiger partial charge in [-0.3, -0.25) is 19.3 Å². The Morgan fingerprint density at radius 3 is 2.19 bits per heavy atom. The summed E-state index contributed by atoms with van der Waals surface area (Å²) < 4.78 is 10.7. The van der Waals surface area contributed by atoms with Crippen molar-refractivity contribution >= 4 is 34.5 Å². The average Bonchev–Trinajstić information content (AvgIpc) is 3.30. The van der Waals surface area contributed by atoms with E-state index in [1.807, 2.05) is 26.0 Å². The van der Waals surface area contributed by atoms with Crippen LogP contribution in [-0.4, -0.2) is 41.1 Å². The number of rotatable bonds is 7. The second-order valence-electron chi connectivity index (χ2n) is 7.85. The zero-order valence-electron chi connectivity index (χ0n) is 17.2. The highest BCUT2D eigenvalue weighted by Crippen LogP contribution is 2.27. The number of furan rings is 1. The third-order valence-electron chi connectivity index (χ3n) is 5.15. The summed E-state index contributed by atoms with van der Waals surface area (Å²) in [5.74, 6) is -2.29. The largest absolute Gasteiger partial charge is 0.456 e. The number of imide groups is 1. The number of para-hydroxylation sites is 1. The Hall–Kier alpha value is -3.74. The minimum atomic E-state index is -1.11. The van der Waals surface area contributed by atoms with Crippen LogP contribution in [0.25, 0.3) is 11.0 Å². The van der Waals surface area contributed by atoms with Crippen LogP contribution in [0.4, 0.5) is 0 Å². The van der Waals surface area contributed by atoms with E-state index in [1.165, 1.54) is 0 Å². The van der Waals surface area contributed by atoms with Crippen LogP contribution in [0.2, 0.25) is 0 Å². The molecule has 2 amide bonds. The molecule has 1 aromatic heterocycles. The van der Waals surface area contributed by atoms with Gasteiger partial charge in [0.2, 0.25) is 5.78 Å². The molecule has 0 bridgehead atoms. The van der Waals surface area contributed by atoms with Crippen molar-refractivity contribution in [3.63, 3.8) is 0 Å². The number of Topliss-reactive ketones (excluding diaryl/α,β-unsaturated/α-hetero) is 1. The van der Waals surface area contributed by atoms with E-state index in [-0.39, 0.29) is 29.2 Å². The van der Waals surface area contributed by atoms with Gasteiger partial charge in [0, 0.05) is 5.39 Å². The summed E-state index contributed by atoms with van der Waals surface area (Å²) in [5, 5.41) is 0.765. The molecule has 3 aromatic rings. The maximum atomic E-state index is 12.9. The molecule has 158 valence electrons. The zero-order valence-corrected chi connectivity index (χ0v) is 17.2. The van der Waals surface area contributed by atoms with Crippen molar-refractivity contribution < 1.29 is 28.3 Å². The third-order valence-corrected chi connectivity index (χ3v) is 5.15. The van der Waals surface area contributed by atoms with E-state index >= 15 is 0 Å².